The number of rotatable bonds is 11. The van der Waals surface area contributed by atoms with Crippen molar-refractivity contribution in [2.24, 2.45) is 11.8 Å². The summed E-state index contributed by atoms with van der Waals surface area (Å²) in [5.41, 5.74) is 0. The van der Waals surface area contributed by atoms with Gasteiger partial charge >= 0.3 is 0 Å². The van der Waals surface area contributed by atoms with Crippen LogP contribution in [0, 0.1) is 11.8 Å². The molecule has 0 rings (SSSR count). The molecule has 0 aliphatic rings. The maximum absolute atomic E-state index is 3.75. The van der Waals surface area contributed by atoms with Gasteiger partial charge in [-0.1, -0.05) is 46.1 Å². The number of nitrogens with one attached hydrogen (secondary N) is 1. The fourth-order valence-electron chi connectivity index (χ4n) is 1.84. The van der Waals surface area contributed by atoms with Crippen molar-refractivity contribution in [2.75, 3.05) is 13.1 Å². The molecule has 96 valence electrons. The highest BCUT2D eigenvalue weighted by Crippen LogP contribution is 2.13. The maximum Gasteiger partial charge on any atom is -0.00258 e. The molecule has 0 radical (unpaired) electrons. The zero-order valence-electron chi connectivity index (χ0n) is 11.6. The molecule has 0 aliphatic carbocycles. The van der Waals surface area contributed by atoms with E-state index >= 15 is 0 Å². The molecule has 0 aromatic carbocycles. The van der Waals surface area contributed by atoms with Gasteiger partial charge in [-0.15, -0.1) is 6.58 Å². The third-order valence-corrected chi connectivity index (χ3v) is 2.97. The highest BCUT2D eigenvalue weighted by atomic mass is 14.8. The minimum Gasteiger partial charge on any atom is -0.316 e. The zero-order chi connectivity index (χ0) is 12.2. The van der Waals surface area contributed by atoms with Crippen LogP contribution in [0.25, 0.3) is 0 Å². The lowest BCUT2D eigenvalue weighted by molar-refractivity contribution is 0.435. The Balaban J connectivity index is 3.17. The van der Waals surface area contributed by atoms with Gasteiger partial charge in [-0.3, -0.25) is 0 Å². The van der Waals surface area contributed by atoms with Gasteiger partial charge in [-0.25, -0.2) is 0 Å². The van der Waals surface area contributed by atoms with Crippen LogP contribution in [0.1, 0.15) is 59.3 Å². The average molecular weight is 225 g/mol. The molecule has 1 nitrogen and oxygen atoms in total. The first kappa shape index (κ1) is 15.7. The fraction of sp³-hybridized carbons (Fsp3) is 0.867. The van der Waals surface area contributed by atoms with E-state index in [1.165, 1.54) is 45.1 Å². The third-order valence-electron chi connectivity index (χ3n) is 2.97. The van der Waals surface area contributed by atoms with Crippen LogP contribution >= 0.6 is 0 Å². The van der Waals surface area contributed by atoms with Gasteiger partial charge in [0.25, 0.3) is 0 Å². The molecule has 1 unspecified atom stereocenters. The predicted octanol–water partition coefficient (Wildman–Crippen LogP) is 4.39. The topological polar surface area (TPSA) is 12.0 Å². The first-order chi connectivity index (χ1) is 7.66. The quantitative estimate of drug-likeness (QED) is 0.406. The van der Waals surface area contributed by atoms with Crippen LogP contribution in [0.4, 0.5) is 0 Å². The Kier molecular flexibility index (Phi) is 11.0. The predicted molar refractivity (Wildman–Crippen MR) is 74.8 cm³/mol. The van der Waals surface area contributed by atoms with Crippen molar-refractivity contribution in [3.05, 3.63) is 12.7 Å². The van der Waals surface area contributed by atoms with E-state index in [1.807, 2.05) is 6.08 Å². The summed E-state index contributed by atoms with van der Waals surface area (Å²) < 4.78 is 0. The van der Waals surface area contributed by atoms with Crippen LogP contribution in [-0.4, -0.2) is 13.1 Å². The van der Waals surface area contributed by atoms with Gasteiger partial charge in [0.05, 0.1) is 0 Å². The lowest BCUT2D eigenvalue weighted by atomic mass is 9.99. The second-order valence-corrected chi connectivity index (χ2v) is 5.42. The summed E-state index contributed by atoms with van der Waals surface area (Å²) in [4.78, 5) is 0. The second-order valence-electron chi connectivity index (χ2n) is 5.42. The summed E-state index contributed by atoms with van der Waals surface area (Å²) in [7, 11) is 0. The minimum absolute atomic E-state index is 0.772. The minimum atomic E-state index is 0.772. The van der Waals surface area contributed by atoms with Crippen LogP contribution in [0.3, 0.4) is 0 Å². The Labute approximate surface area is 103 Å². The smallest absolute Gasteiger partial charge is 0.00258 e. The van der Waals surface area contributed by atoms with Crippen LogP contribution in [0.15, 0.2) is 12.7 Å². The lowest BCUT2D eigenvalue weighted by Gasteiger charge is -2.12. The van der Waals surface area contributed by atoms with Crippen molar-refractivity contribution in [1.29, 1.82) is 0 Å². The van der Waals surface area contributed by atoms with Gasteiger partial charge in [-0.05, 0) is 44.2 Å². The van der Waals surface area contributed by atoms with Crippen LogP contribution in [0.2, 0.25) is 0 Å². The molecule has 0 saturated carbocycles. The van der Waals surface area contributed by atoms with E-state index < -0.39 is 0 Å². The van der Waals surface area contributed by atoms with Crippen molar-refractivity contribution >= 4 is 0 Å². The van der Waals surface area contributed by atoms with Crippen LogP contribution < -0.4 is 5.32 Å². The summed E-state index contributed by atoms with van der Waals surface area (Å²) >= 11 is 0. The summed E-state index contributed by atoms with van der Waals surface area (Å²) in [6, 6.07) is 0. The molecule has 1 heteroatoms. The van der Waals surface area contributed by atoms with E-state index in [1.54, 1.807) is 0 Å². The van der Waals surface area contributed by atoms with Gasteiger partial charge in [0.1, 0.15) is 0 Å². The van der Waals surface area contributed by atoms with Gasteiger partial charge in [-0.2, -0.15) is 0 Å². The molecule has 1 N–H and O–H groups in total. The number of hydrogen-bond acceptors (Lipinski definition) is 1. The Morgan fingerprint density at radius 3 is 2.44 bits per heavy atom. The number of unbranched alkanes of at least 4 members (excludes halogenated alkanes) is 3. The van der Waals surface area contributed by atoms with E-state index in [2.05, 4.69) is 32.7 Å². The van der Waals surface area contributed by atoms with Crippen molar-refractivity contribution in [1.82, 2.24) is 5.32 Å². The fourth-order valence-corrected chi connectivity index (χ4v) is 1.84. The first-order valence-corrected chi connectivity index (χ1v) is 6.98. The van der Waals surface area contributed by atoms with Gasteiger partial charge < -0.3 is 5.32 Å². The molecular weight excluding hydrogens is 194 g/mol. The average Bonchev–Trinajstić information content (AvgIpc) is 2.24. The Morgan fingerprint density at radius 2 is 1.81 bits per heavy atom. The molecule has 0 saturated heterocycles. The maximum atomic E-state index is 3.75. The van der Waals surface area contributed by atoms with Crippen molar-refractivity contribution in [3.8, 4) is 0 Å². The van der Waals surface area contributed by atoms with E-state index in [0.717, 1.165) is 18.4 Å². The highest BCUT2D eigenvalue weighted by molar-refractivity contribution is 4.66. The van der Waals surface area contributed by atoms with Crippen molar-refractivity contribution in [2.45, 2.75) is 59.3 Å². The van der Waals surface area contributed by atoms with E-state index in [4.69, 9.17) is 0 Å². The summed E-state index contributed by atoms with van der Waals surface area (Å²) in [5.74, 6) is 1.65. The first-order valence-electron chi connectivity index (χ1n) is 6.98. The lowest BCUT2D eigenvalue weighted by Crippen LogP contribution is -2.22. The van der Waals surface area contributed by atoms with Gasteiger partial charge in [0.2, 0.25) is 0 Å². The molecule has 0 aromatic heterocycles. The van der Waals surface area contributed by atoms with Crippen LogP contribution in [0.5, 0.6) is 0 Å². The molecule has 0 amide bonds. The van der Waals surface area contributed by atoms with E-state index in [9.17, 15) is 0 Å². The van der Waals surface area contributed by atoms with Crippen molar-refractivity contribution in [3.63, 3.8) is 0 Å². The highest BCUT2D eigenvalue weighted by Gasteiger charge is 2.01. The third kappa shape index (κ3) is 11.8. The van der Waals surface area contributed by atoms with Gasteiger partial charge in [0.15, 0.2) is 0 Å². The monoisotopic (exact) mass is 225 g/mol. The second kappa shape index (κ2) is 11.2. The standard InChI is InChI=1S/C15H31N/c1-5-6-7-8-9-10-15(4)11-12-16-13-14(2)3/h5,14-16H,1,6-13H2,2-4H3. The summed E-state index contributed by atoms with van der Waals surface area (Å²) in [6.45, 7) is 13.0. The van der Waals surface area contributed by atoms with E-state index in [-0.39, 0.29) is 0 Å². The molecule has 16 heavy (non-hydrogen) atoms. The zero-order valence-corrected chi connectivity index (χ0v) is 11.6. The number of allylic oxidation sites excluding steroid dienone is 1. The van der Waals surface area contributed by atoms with E-state index in [0.29, 0.717) is 0 Å². The normalized spacial score (nSPS) is 13.0. The molecule has 0 aliphatic heterocycles. The molecule has 0 aromatic rings. The van der Waals surface area contributed by atoms with Crippen molar-refractivity contribution < 1.29 is 0 Å². The molecule has 0 fully saturated rings. The molecule has 0 heterocycles. The summed E-state index contributed by atoms with van der Waals surface area (Å²) in [5, 5.41) is 3.51. The molecule has 0 bridgehead atoms. The molecule has 0 spiro atoms. The Hall–Kier alpha value is -0.300. The summed E-state index contributed by atoms with van der Waals surface area (Å²) in [6.07, 6.45) is 10.0. The Morgan fingerprint density at radius 1 is 1.06 bits per heavy atom. The number of hydrogen-bond donors (Lipinski definition) is 1. The SMILES string of the molecule is C=CCCCCCC(C)CCNCC(C)C. The van der Waals surface area contributed by atoms with Crippen LogP contribution in [-0.2, 0) is 0 Å². The molecule has 1 atom stereocenters. The largest absolute Gasteiger partial charge is 0.316 e. The van der Waals surface area contributed by atoms with Gasteiger partial charge in [0, 0.05) is 0 Å². The Bertz CT molecular complexity index is 152. The molecular formula is C15H31N.